The summed E-state index contributed by atoms with van der Waals surface area (Å²) in [6, 6.07) is 4.22. The number of halogens is 1. The van der Waals surface area contributed by atoms with E-state index in [4.69, 9.17) is 4.74 Å². The molecular weight excluding hydrogens is 441 g/mol. The van der Waals surface area contributed by atoms with Crippen molar-refractivity contribution >= 4 is 29.9 Å². The third kappa shape index (κ3) is 6.35. The molecule has 1 aromatic heterocycles. The first-order valence-corrected chi connectivity index (χ1v) is 9.42. The zero-order valence-electron chi connectivity index (χ0n) is 16.0. The molecule has 0 spiro atoms. The Morgan fingerprint density at radius 3 is 2.81 bits per heavy atom. The number of rotatable bonds is 5. The molecule has 2 fully saturated rings. The second-order valence-corrected chi connectivity index (χ2v) is 7.05. The Labute approximate surface area is 174 Å². The minimum atomic E-state index is 0. The average Bonchev–Trinajstić information content (AvgIpc) is 3.09. The molecule has 1 unspecified atom stereocenters. The fraction of sp³-hybridized carbons (Fsp3) is 0.684. The van der Waals surface area contributed by atoms with Crippen LogP contribution in [-0.4, -0.2) is 80.3 Å². The standard InChI is InChI=1S/C19H31N5O.HI/c1-16-3-4-17(13-22-16)5-7-21-19(20-2)24-8-6-18(15-24)14-23-9-11-25-12-10-23;/h3-4,13,18H,5-12,14-15H2,1-2H3,(H,20,21);1H. The Hall–Kier alpha value is -0.930. The quantitative estimate of drug-likeness (QED) is 0.402. The van der Waals surface area contributed by atoms with Crippen molar-refractivity contribution in [2.75, 3.05) is 59.5 Å². The van der Waals surface area contributed by atoms with Gasteiger partial charge in [-0.25, -0.2) is 0 Å². The van der Waals surface area contributed by atoms with Gasteiger partial charge >= 0.3 is 0 Å². The smallest absolute Gasteiger partial charge is 0.193 e. The highest BCUT2D eigenvalue weighted by Crippen LogP contribution is 2.18. The van der Waals surface area contributed by atoms with Crippen LogP contribution in [0.5, 0.6) is 0 Å². The van der Waals surface area contributed by atoms with Crippen molar-refractivity contribution in [3.63, 3.8) is 0 Å². The van der Waals surface area contributed by atoms with Crippen molar-refractivity contribution in [1.29, 1.82) is 0 Å². The number of guanidine groups is 1. The number of nitrogens with zero attached hydrogens (tertiary/aromatic N) is 4. The number of ether oxygens (including phenoxy) is 1. The molecule has 1 aromatic rings. The van der Waals surface area contributed by atoms with E-state index in [1.165, 1.54) is 18.5 Å². The number of nitrogens with one attached hydrogen (secondary N) is 1. The van der Waals surface area contributed by atoms with E-state index in [1.54, 1.807) is 0 Å². The summed E-state index contributed by atoms with van der Waals surface area (Å²) in [6.07, 6.45) is 4.19. The van der Waals surface area contributed by atoms with Crippen LogP contribution >= 0.6 is 24.0 Å². The Bertz CT molecular complexity index is 560. The zero-order valence-corrected chi connectivity index (χ0v) is 18.3. The van der Waals surface area contributed by atoms with E-state index in [2.05, 4.69) is 37.2 Å². The predicted octanol–water partition coefficient (Wildman–Crippen LogP) is 1.78. The van der Waals surface area contributed by atoms with E-state index in [-0.39, 0.29) is 24.0 Å². The minimum Gasteiger partial charge on any atom is -0.379 e. The molecule has 6 nitrogen and oxygen atoms in total. The lowest BCUT2D eigenvalue weighted by atomic mass is 10.1. The third-order valence-corrected chi connectivity index (χ3v) is 5.09. The lowest BCUT2D eigenvalue weighted by Gasteiger charge is -2.29. The molecule has 2 aliphatic heterocycles. The molecule has 7 heteroatoms. The fourth-order valence-corrected chi connectivity index (χ4v) is 3.62. The Balaban J connectivity index is 0.00000243. The number of aromatic nitrogens is 1. The predicted molar refractivity (Wildman–Crippen MR) is 116 cm³/mol. The number of aliphatic imine (C=N–C) groups is 1. The second-order valence-electron chi connectivity index (χ2n) is 7.05. The maximum atomic E-state index is 5.44. The molecule has 0 bridgehead atoms. The number of likely N-dealkylation sites (tertiary alicyclic amines) is 1. The van der Waals surface area contributed by atoms with Crippen LogP contribution < -0.4 is 5.32 Å². The number of hydrogen-bond donors (Lipinski definition) is 1. The van der Waals surface area contributed by atoms with Crippen LogP contribution in [0.15, 0.2) is 23.3 Å². The summed E-state index contributed by atoms with van der Waals surface area (Å²) in [5.74, 6) is 1.77. The largest absolute Gasteiger partial charge is 0.379 e. The molecule has 146 valence electrons. The van der Waals surface area contributed by atoms with Gasteiger partial charge in [0, 0.05) is 58.2 Å². The van der Waals surface area contributed by atoms with Gasteiger partial charge < -0.3 is 15.0 Å². The van der Waals surface area contributed by atoms with E-state index in [0.29, 0.717) is 0 Å². The number of morpholine rings is 1. The molecule has 3 heterocycles. The summed E-state index contributed by atoms with van der Waals surface area (Å²) < 4.78 is 5.44. The first-order chi connectivity index (χ1) is 12.2. The van der Waals surface area contributed by atoms with Gasteiger partial charge in [0.2, 0.25) is 0 Å². The van der Waals surface area contributed by atoms with Crippen LogP contribution in [-0.2, 0) is 11.2 Å². The van der Waals surface area contributed by atoms with Gasteiger partial charge in [-0.2, -0.15) is 0 Å². The molecule has 0 saturated carbocycles. The third-order valence-electron chi connectivity index (χ3n) is 5.09. The fourth-order valence-electron chi connectivity index (χ4n) is 3.62. The van der Waals surface area contributed by atoms with E-state index in [1.807, 2.05) is 20.2 Å². The SMILES string of the molecule is CN=C(NCCc1ccc(C)nc1)N1CCC(CN2CCOCC2)C1.I. The molecule has 1 N–H and O–H groups in total. The van der Waals surface area contributed by atoms with Crippen molar-refractivity contribution < 1.29 is 4.74 Å². The molecule has 2 saturated heterocycles. The highest BCUT2D eigenvalue weighted by Gasteiger charge is 2.26. The van der Waals surface area contributed by atoms with E-state index >= 15 is 0 Å². The highest BCUT2D eigenvalue weighted by atomic mass is 127. The molecule has 26 heavy (non-hydrogen) atoms. The Kier molecular flexibility index (Phi) is 9.07. The van der Waals surface area contributed by atoms with Crippen molar-refractivity contribution in [2.45, 2.75) is 19.8 Å². The van der Waals surface area contributed by atoms with Crippen molar-refractivity contribution in [1.82, 2.24) is 20.1 Å². The van der Waals surface area contributed by atoms with Gasteiger partial charge in [0.25, 0.3) is 0 Å². The molecule has 1 atom stereocenters. The molecule has 3 rings (SSSR count). The molecule has 0 aliphatic carbocycles. The molecule has 2 aliphatic rings. The summed E-state index contributed by atoms with van der Waals surface area (Å²) in [7, 11) is 1.88. The second kappa shape index (κ2) is 11.0. The summed E-state index contributed by atoms with van der Waals surface area (Å²) in [6.45, 7) is 10.2. The minimum absolute atomic E-state index is 0. The summed E-state index contributed by atoms with van der Waals surface area (Å²) in [4.78, 5) is 13.8. The van der Waals surface area contributed by atoms with Crippen LogP contribution in [0.2, 0.25) is 0 Å². The summed E-state index contributed by atoms with van der Waals surface area (Å²) >= 11 is 0. The normalized spacial score (nSPS) is 21.5. The van der Waals surface area contributed by atoms with Gasteiger partial charge in [-0.05, 0) is 37.3 Å². The summed E-state index contributed by atoms with van der Waals surface area (Å²) in [5.41, 5.74) is 2.33. The lowest BCUT2D eigenvalue weighted by molar-refractivity contribution is 0.0315. The number of aryl methyl sites for hydroxylation is 1. The van der Waals surface area contributed by atoms with Crippen LogP contribution in [0.3, 0.4) is 0 Å². The first kappa shape index (κ1) is 21.4. The van der Waals surface area contributed by atoms with Crippen molar-refractivity contribution in [3.8, 4) is 0 Å². The van der Waals surface area contributed by atoms with Gasteiger partial charge in [0.05, 0.1) is 13.2 Å². The first-order valence-electron chi connectivity index (χ1n) is 9.42. The highest BCUT2D eigenvalue weighted by molar-refractivity contribution is 14.0. The van der Waals surface area contributed by atoms with Gasteiger partial charge in [0.1, 0.15) is 0 Å². The Morgan fingerprint density at radius 2 is 2.12 bits per heavy atom. The maximum absolute atomic E-state index is 5.44. The Morgan fingerprint density at radius 1 is 1.31 bits per heavy atom. The van der Waals surface area contributed by atoms with Gasteiger partial charge in [-0.15, -0.1) is 24.0 Å². The van der Waals surface area contributed by atoms with Crippen LogP contribution in [0, 0.1) is 12.8 Å². The average molecular weight is 473 g/mol. The topological polar surface area (TPSA) is 53.0 Å². The zero-order chi connectivity index (χ0) is 17.5. The van der Waals surface area contributed by atoms with Crippen LogP contribution in [0.4, 0.5) is 0 Å². The molecule has 0 radical (unpaired) electrons. The molecule has 0 aromatic carbocycles. The number of hydrogen-bond acceptors (Lipinski definition) is 4. The van der Waals surface area contributed by atoms with Crippen molar-refractivity contribution in [3.05, 3.63) is 29.6 Å². The van der Waals surface area contributed by atoms with Gasteiger partial charge in [-0.3, -0.25) is 14.9 Å². The maximum Gasteiger partial charge on any atom is 0.193 e. The van der Waals surface area contributed by atoms with Crippen molar-refractivity contribution in [2.24, 2.45) is 10.9 Å². The van der Waals surface area contributed by atoms with E-state index < -0.39 is 0 Å². The summed E-state index contributed by atoms with van der Waals surface area (Å²) in [5, 5.41) is 3.51. The monoisotopic (exact) mass is 473 g/mol. The molecule has 0 amide bonds. The van der Waals surface area contributed by atoms with E-state index in [0.717, 1.165) is 69.9 Å². The van der Waals surface area contributed by atoms with Crippen LogP contribution in [0.25, 0.3) is 0 Å². The van der Waals surface area contributed by atoms with Gasteiger partial charge in [-0.1, -0.05) is 6.07 Å². The number of pyridine rings is 1. The van der Waals surface area contributed by atoms with Crippen LogP contribution in [0.1, 0.15) is 17.7 Å². The van der Waals surface area contributed by atoms with Gasteiger partial charge in [0.15, 0.2) is 5.96 Å². The lowest BCUT2D eigenvalue weighted by Crippen LogP contribution is -2.42. The van der Waals surface area contributed by atoms with E-state index in [9.17, 15) is 0 Å². The molecular formula is C19H32IN5O.